The molecule has 1 aliphatic carbocycles. The fourth-order valence-corrected chi connectivity index (χ4v) is 5.53. The predicted molar refractivity (Wildman–Crippen MR) is 142 cm³/mol. The third-order valence-corrected chi connectivity index (χ3v) is 7.45. The maximum absolute atomic E-state index is 15.1. The van der Waals surface area contributed by atoms with Gasteiger partial charge in [-0.05, 0) is 54.2 Å². The average Bonchev–Trinajstić information content (AvgIpc) is 2.89. The Hall–Kier alpha value is -3.57. The molecule has 0 spiro atoms. The van der Waals surface area contributed by atoms with Gasteiger partial charge in [-0.15, -0.1) is 0 Å². The van der Waals surface area contributed by atoms with Gasteiger partial charge in [0.1, 0.15) is 11.7 Å². The van der Waals surface area contributed by atoms with Crippen LogP contribution in [0.5, 0.6) is 0 Å². The molecule has 3 aromatic carbocycles. The second-order valence-electron chi connectivity index (χ2n) is 9.57. The van der Waals surface area contributed by atoms with Gasteiger partial charge in [0.2, 0.25) is 0 Å². The van der Waals surface area contributed by atoms with Crippen LogP contribution in [0.3, 0.4) is 0 Å². The van der Waals surface area contributed by atoms with Crippen molar-refractivity contribution in [3.8, 4) is 0 Å². The Kier molecular flexibility index (Phi) is 7.33. The van der Waals surface area contributed by atoms with Crippen molar-refractivity contribution in [1.29, 1.82) is 0 Å². The van der Waals surface area contributed by atoms with Crippen LogP contribution in [0.2, 0.25) is 5.02 Å². The number of carbonyl (C=O) groups is 2. The van der Waals surface area contributed by atoms with Crippen LogP contribution in [0.4, 0.5) is 4.39 Å². The molecule has 0 aromatic heterocycles. The van der Waals surface area contributed by atoms with Crippen molar-refractivity contribution in [2.24, 2.45) is 10.9 Å². The van der Waals surface area contributed by atoms with Crippen molar-refractivity contribution < 1.29 is 18.7 Å². The van der Waals surface area contributed by atoms with Crippen LogP contribution in [-0.2, 0) is 20.7 Å². The topological polar surface area (TPSA) is 55.7 Å². The number of Topliss-reactive ketones (excluding diaryl/α,β-unsaturated/α-hetero) is 1. The van der Waals surface area contributed by atoms with Crippen molar-refractivity contribution in [1.82, 2.24) is 0 Å². The van der Waals surface area contributed by atoms with E-state index >= 15 is 4.39 Å². The maximum Gasteiger partial charge on any atom is 0.315 e. The number of ketones is 1. The van der Waals surface area contributed by atoms with Crippen LogP contribution >= 0.6 is 11.6 Å². The molecule has 0 amide bonds. The Labute approximate surface area is 220 Å². The van der Waals surface area contributed by atoms with E-state index in [1.54, 1.807) is 25.1 Å². The van der Waals surface area contributed by atoms with E-state index in [-0.39, 0.29) is 24.7 Å². The number of hydrogen-bond acceptors (Lipinski definition) is 4. The highest BCUT2D eigenvalue weighted by atomic mass is 35.5. The number of carbonyl (C=O) groups excluding carboxylic acids is 2. The molecule has 2 aliphatic rings. The van der Waals surface area contributed by atoms with Crippen molar-refractivity contribution in [3.63, 3.8) is 0 Å². The summed E-state index contributed by atoms with van der Waals surface area (Å²) in [5.41, 5.74) is 3.94. The van der Waals surface area contributed by atoms with E-state index in [0.717, 1.165) is 11.1 Å². The first-order valence-electron chi connectivity index (χ1n) is 12.4. The largest absolute Gasteiger partial charge is 0.465 e. The van der Waals surface area contributed by atoms with E-state index in [4.69, 9.17) is 21.3 Å². The first-order valence-corrected chi connectivity index (χ1v) is 12.8. The molecule has 0 N–H and O–H groups in total. The van der Waals surface area contributed by atoms with Crippen molar-refractivity contribution in [2.75, 3.05) is 6.61 Å². The minimum absolute atomic E-state index is 0.0595. The molecule has 3 aromatic rings. The second kappa shape index (κ2) is 10.8. The Morgan fingerprint density at radius 3 is 2.43 bits per heavy atom. The van der Waals surface area contributed by atoms with Crippen LogP contribution < -0.4 is 0 Å². The number of rotatable bonds is 6. The monoisotopic (exact) mass is 515 g/mol. The molecule has 3 atom stereocenters. The molecule has 0 bridgehead atoms. The minimum atomic E-state index is -0.873. The third-order valence-electron chi connectivity index (χ3n) is 7.20. The minimum Gasteiger partial charge on any atom is -0.465 e. The van der Waals surface area contributed by atoms with Gasteiger partial charge in [0, 0.05) is 40.8 Å². The zero-order valence-electron chi connectivity index (χ0n) is 20.5. The van der Waals surface area contributed by atoms with E-state index in [1.165, 1.54) is 6.07 Å². The van der Waals surface area contributed by atoms with Gasteiger partial charge in [-0.3, -0.25) is 14.6 Å². The maximum atomic E-state index is 15.1. The summed E-state index contributed by atoms with van der Waals surface area (Å²) >= 11 is 6.05. The predicted octanol–water partition coefficient (Wildman–Crippen LogP) is 6.84. The van der Waals surface area contributed by atoms with E-state index in [0.29, 0.717) is 40.4 Å². The Morgan fingerprint density at radius 1 is 1.00 bits per heavy atom. The molecular formula is C31H27ClFNO3. The smallest absolute Gasteiger partial charge is 0.315 e. The summed E-state index contributed by atoms with van der Waals surface area (Å²) in [6, 6.07) is 23.5. The van der Waals surface area contributed by atoms with Gasteiger partial charge in [-0.2, -0.15) is 0 Å². The Bertz CT molecular complexity index is 1380. The third kappa shape index (κ3) is 5.28. The molecule has 1 aliphatic heterocycles. The van der Waals surface area contributed by atoms with Crippen molar-refractivity contribution in [3.05, 3.63) is 118 Å². The molecule has 37 heavy (non-hydrogen) atoms. The lowest BCUT2D eigenvalue weighted by molar-refractivity contribution is -0.146. The summed E-state index contributed by atoms with van der Waals surface area (Å²) < 4.78 is 20.8. The average molecular weight is 516 g/mol. The second-order valence-corrected chi connectivity index (χ2v) is 10.0. The molecule has 1 unspecified atom stereocenters. The standard InChI is InChI=1S/C31H27ClFNO3/c1-19-28(31(36)37-16-15-20-7-3-2-4-8-20)29(24-9-5-6-10-25(24)33)30-26(34-19)17-22(18-27(30)35)21-11-13-23(32)14-12-21/h2-14,22,28-29H,15-18H2,1H3/t22-,28?,29-/m1/s1. The van der Waals surface area contributed by atoms with Gasteiger partial charge >= 0.3 is 5.97 Å². The first kappa shape index (κ1) is 25.1. The molecule has 0 saturated heterocycles. The van der Waals surface area contributed by atoms with Gasteiger partial charge in [0.15, 0.2) is 5.78 Å². The lowest BCUT2D eigenvalue weighted by Gasteiger charge is -2.36. The fourth-order valence-electron chi connectivity index (χ4n) is 5.40. The van der Waals surface area contributed by atoms with Crippen molar-refractivity contribution in [2.45, 2.75) is 38.0 Å². The van der Waals surface area contributed by atoms with E-state index < -0.39 is 23.6 Å². The zero-order valence-corrected chi connectivity index (χ0v) is 21.2. The molecule has 188 valence electrons. The van der Waals surface area contributed by atoms with Crippen LogP contribution in [-0.4, -0.2) is 24.1 Å². The number of aliphatic imine (C=N–C) groups is 1. The van der Waals surface area contributed by atoms with Gasteiger partial charge < -0.3 is 4.74 Å². The molecule has 0 saturated carbocycles. The van der Waals surface area contributed by atoms with Crippen LogP contribution in [0.15, 0.2) is 95.1 Å². The highest BCUT2D eigenvalue weighted by Gasteiger charge is 2.45. The van der Waals surface area contributed by atoms with Gasteiger partial charge in [-0.25, -0.2) is 4.39 Å². The number of esters is 1. The zero-order chi connectivity index (χ0) is 25.9. The SMILES string of the molecule is CC1=NC2=C(C(=O)C[C@H](c3ccc(Cl)cc3)C2)[C@H](c2ccccc2F)C1C(=O)OCCc1ccccc1. The lowest BCUT2D eigenvalue weighted by Crippen LogP contribution is -2.38. The number of hydrogen-bond donors (Lipinski definition) is 0. The van der Waals surface area contributed by atoms with E-state index in [1.807, 2.05) is 54.6 Å². The molecule has 5 rings (SSSR count). The van der Waals surface area contributed by atoms with Crippen molar-refractivity contribution >= 4 is 29.1 Å². The molecule has 1 heterocycles. The number of ether oxygens (including phenoxy) is 1. The highest BCUT2D eigenvalue weighted by molar-refractivity contribution is 6.30. The summed E-state index contributed by atoms with van der Waals surface area (Å²) in [6.45, 7) is 1.95. The van der Waals surface area contributed by atoms with Gasteiger partial charge in [0.05, 0.1) is 6.61 Å². The van der Waals surface area contributed by atoms with E-state index in [9.17, 15) is 9.59 Å². The molecule has 0 radical (unpaired) electrons. The summed E-state index contributed by atoms with van der Waals surface area (Å²) in [7, 11) is 0. The van der Waals surface area contributed by atoms with Crippen LogP contribution in [0.25, 0.3) is 0 Å². The molecule has 0 fully saturated rings. The summed E-state index contributed by atoms with van der Waals surface area (Å²) in [5, 5.41) is 0.630. The van der Waals surface area contributed by atoms with Gasteiger partial charge in [0.25, 0.3) is 0 Å². The Morgan fingerprint density at radius 2 is 1.70 bits per heavy atom. The molecule has 4 nitrogen and oxygen atoms in total. The lowest BCUT2D eigenvalue weighted by atomic mass is 9.69. The van der Waals surface area contributed by atoms with Crippen LogP contribution in [0.1, 0.15) is 48.3 Å². The highest BCUT2D eigenvalue weighted by Crippen LogP contribution is 2.47. The summed E-state index contributed by atoms with van der Waals surface area (Å²) in [4.78, 5) is 31.8. The Balaban J connectivity index is 1.47. The van der Waals surface area contributed by atoms with E-state index in [2.05, 4.69) is 0 Å². The normalized spacial score (nSPS) is 21.3. The number of nitrogens with zero attached hydrogens (tertiary/aromatic N) is 1. The molecule has 6 heteroatoms. The summed E-state index contributed by atoms with van der Waals surface area (Å²) in [5.74, 6) is -2.78. The van der Waals surface area contributed by atoms with Gasteiger partial charge in [-0.1, -0.05) is 72.3 Å². The number of allylic oxidation sites excluding steroid dienone is 2. The quantitative estimate of drug-likeness (QED) is 0.338. The fraction of sp³-hybridized carbons (Fsp3) is 0.258. The summed E-state index contributed by atoms with van der Waals surface area (Å²) in [6.07, 6.45) is 1.35. The molecular weight excluding hydrogens is 489 g/mol. The number of halogens is 2. The first-order chi connectivity index (χ1) is 17.9. The van der Waals surface area contributed by atoms with Crippen LogP contribution in [0, 0.1) is 11.7 Å². The number of benzene rings is 3.